The molecule has 4 heteroatoms. The third-order valence-electron chi connectivity index (χ3n) is 4.98. The summed E-state index contributed by atoms with van der Waals surface area (Å²) in [5.41, 5.74) is -0.790. The minimum Gasteiger partial charge on any atom is -0.481 e. The van der Waals surface area contributed by atoms with E-state index in [1.165, 1.54) is 0 Å². The number of aliphatic hydroxyl groups is 1. The predicted octanol–water partition coefficient (Wildman–Crippen LogP) is 4.67. The van der Waals surface area contributed by atoms with E-state index in [4.69, 9.17) is 5.11 Å². The Bertz CT molecular complexity index is 476. The monoisotopic (exact) mass is 350 g/mol. The number of carboxylic acids is 1. The summed E-state index contributed by atoms with van der Waals surface area (Å²) in [6, 6.07) is 0. The molecule has 0 radical (unpaired) electrons. The molecule has 0 aliphatic heterocycles. The second kappa shape index (κ2) is 11.2. The van der Waals surface area contributed by atoms with Crippen LogP contribution in [0.3, 0.4) is 0 Å². The van der Waals surface area contributed by atoms with Crippen LogP contribution < -0.4 is 0 Å². The zero-order chi connectivity index (χ0) is 18.7. The van der Waals surface area contributed by atoms with Crippen LogP contribution in [-0.2, 0) is 9.59 Å². The minimum absolute atomic E-state index is 0.0341. The Morgan fingerprint density at radius 2 is 2.00 bits per heavy atom. The van der Waals surface area contributed by atoms with Gasteiger partial charge in [-0.15, -0.1) is 0 Å². The van der Waals surface area contributed by atoms with E-state index >= 15 is 0 Å². The average molecular weight is 350 g/mol. The highest BCUT2D eigenvalue weighted by Gasteiger charge is 2.32. The topological polar surface area (TPSA) is 74.6 Å². The van der Waals surface area contributed by atoms with Crippen molar-refractivity contribution in [2.75, 3.05) is 0 Å². The van der Waals surface area contributed by atoms with Gasteiger partial charge < -0.3 is 10.2 Å². The lowest BCUT2D eigenvalue weighted by Gasteiger charge is -2.21. The number of Topliss-reactive ketones (excluding diaryl/α,β-unsaturated/α-hetero) is 1. The van der Waals surface area contributed by atoms with Crippen LogP contribution in [-0.4, -0.2) is 27.6 Å². The number of hydrogen-bond acceptors (Lipinski definition) is 3. The summed E-state index contributed by atoms with van der Waals surface area (Å²) in [6.45, 7) is 3.99. The molecule has 25 heavy (non-hydrogen) atoms. The van der Waals surface area contributed by atoms with Crippen molar-refractivity contribution in [1.82, 2.24) is 0 Å². The molecular formula is C21H34O4. The van der Waals surface area contributed by atoms with E-state index in [1.54, 1.807) is 0 Å². The Hall–Kier alpha value is -1.42. The first-order valence-corrected chi connectivity index (χ1v) is 9.67. The molecule has 0 saturated heterocycles. The molecule has 142 valence electrons. The van der Waals surface area contributed by atoms with E-state index in [1.807, 2.05) is 25.2 Å². The van der Waals surface area contributed by atoms with Crippen LogP contribution in [0, 0.1) is 11.8 Å². The molecule has 1 saturated carbocycles. The summed E-state index contributed by atoms with van der Waals surface area (Å²) < 4.78 is 0. The number of carboxylic acid groups (broad SMARTS) is 1. The highest BCUT2D eigenvalue weighted by molar-refractivity contribution is 5.83. The van der Waals surface area contributed by atoms with Gasteiger partial charge in [0.25, 0.3) is 0 Å². The minimum atomic E-state index is -0.790. The number of rotatable bonds is 12. The third kappa shape index (κ3) is 9.01. The standard InChI is InChI=1S/C21H34O4/c1-3-4-9-15-21(2,25)16-14-17-12-13-19(22)18(17)10-7-5-6-8-11-20(23)24/h5-6,14,16-18,25H,3-4,7-13,15H2,1-2H3,(H,23,24)/t17-,18-,21?/m0/s1. The molecule has 2 N–H and O–H groups in total. The fourth-order valence-corrected chi connectivity index (χ4v) is 3.41. The van der Waals surface area contributed by atoms with Gasteiger partial charge in [0.1, 0.15) is 5.78 Å². The van der Waals surface area contributed by atoms with Crippen LogP contribution in [0.5, 0.6) is 0 Å². The maximum atomic E-state index is 12.1. The summed E-state index contributed by atoms with van der Waals surface area (Å²) in [5, 5.41) is 19.0. The first kappa shape index (κ1) is 21.6. The van der Waals surface area contributed by atoms with E-state index < -0.39 is 11.6 Å². The summed E-state index contributed by atoms with van der Waals surface area (Å²) in [4.78, 5) is 22.6. The molecule has 1 aliphatic rings. The van der Waals surface area contributed by atoms with Gasteiger partial charge in [-0.25, -0.2) is 0 Å². The fourth-order valence-electron chi connectivity index (χ4n) is 3.41. The largest absolute Gasteiger partial charge is 0.481 e. The number of aliphatic carboxylic acids is 1. The molecule has 0 spiro atoms. The van der Waals surface area contributed by atoms with Crippen molar-refractivity contribution >= 4 is 11.8 Å². The van der Waals surface area contributed by atoms with E-state index in [0.717, 1.165) is 44.9 Å². The van der Waals surface area contributed by atoms with E-state index in [0.29, 0.717) is 18.6 Å². The summed E-state index contributed by atoms with van der Waals surface area (Å²) >= 11 is 0. The molecule has 3 atom stereocenters. The highest BCUT2D eigenvalue weighted by atomic mass is 16.4. The predicted molar refractivity (Wildman–Crippen MR) is 100 cm³/mol. The Morgan fingerprint density at radius 3 is 2.68 bits per heavy atom. The second-order valence-electron chi connectivity index (χ2n) is 7.43. The Labute approximate surface area is 152 Å². The fraction of sp³-hybridized carbons (Fsp3) is 0.714. The van der Waals surface area contributed by atoms with Gasteiger partial charge in [-0.2, -0.15) is 0 Å². The molecule has 0 aromatic heterocycles. The van der Waals surface area contributed by atoms with Gasteiger partial charge in [0, 0.05) is 18.8 Å². The summed E-state index contributed by atoms with van der Waals surface area (Å²) in [7, 11) is 0. The maximum absolute atomic E-state index is 12.1. The molecule has 1 rings (SSSR count). The lowest BCUT2D eigenvalue weighted by Crippen LogP contribution is -2.21. The Morgan fingerprint density at radius 1 is 1.28 bits per heavy atom. The van der Waals surface area contributed by atoms with Crippen molar-refractivity contribution in [1.29, 1.82) is 0 Å². The molecule has 0 aromatic rings. The smallest absolute Gasteiger partial charge is 0.303 e. The molecule has 0 amide bonds. The molecule has 1 aliphatic carbocycles. The average Bonchev–Trinajstić information content (AvgIpc) is 2.89. The normalized spacial score (nSPS) is 23.6. The zero-order valence-electron chi connectivity index (χ0n) is 15.7. The quantitative estimate of drug-likeness (QED) is 0.396. The van der Waals surface area contributed by atoms with Crippen LogP contribution in [0.15, 0.2) is 24.3 Å². The van der Waals surface area contributed by atoms with Crippen LogP contribution in [0.1, 0.15) is 78.1 Å². The summed E-state index contributed by atoms with van der Waals surface area (Å²) in [5.74, 6) is -0.213. The maximum Gasteiger partial charge on any atom is 0.303 e. The van der Waals surface area contributed by atoms with E-state index in [2.05, 4.69) is 13.0 Å². The Balaban J connectivity index is 2.45. The van der Waals surface area contributed by atoms with Gasteiger partial charge >= 0.3 is 5.97 Å². The first-order valence-electron chi connectivity index (χ1n) is 9.67. The molecule has 0 heterocycles. The number of unbranched alkanes of at least 4 members (excludes halogenated alkanes) is 2. The Kier molecular flexibility index (Phi) is 9.73. The summed E-state index contributed by atoms with van der Waals surface area (Å²) in [6.07, 6.45) is 15.6. The van der Waals surface area contributed by atoms with Crippen LogP contribution in [0.2, 0.25) is 0 Å². The molecule has 1 unspecified atom stereocenters. The number of allylic oxidation sites excluding steroid dienone is 3. The van der Waals surface area contributed by atoms with Crippen LogP contribution >= 0.6 is 0 Å². The van der Waals surface area contributed by atoms with Gasteiger partial charge in [0.05, 0.1) is 5.60 Å². The molecular weight excluding hydrogens is 316 g/mol. The molecule has 4 nitrogen and oxygen atoms in total. The lowest BCUT2D eigenvalue weighted by molar-refractivity contribution is -0.136. The van der Waals surface area contributed by atoms with Crippen molar-refractivity contribution in [3.05, 3.63) is 24.3 Å². The van der Waals surface area contributed by atoms with Crippen molar-refractivity contribution in [2.45, 2.75) is 83.7 Å². The van der Waals surface area contributed by atoms with Crippen LogP contribution in [0.4, 0.5) is 0 Å². The van der Waals surface area contributed by atoms with Gasteiger partial charge in [0.15, 0.2) is 0 Å². The van der Waals surface area contributed by atoms with E-state index in [9.17, 15) is 14.7 Å². The zero-order valence-corrected chi connectivity index (χ0v) is 15.7. The second-order valence-corrected chi connectivity index (χ2v) is 7.43. The SMILES string of the molecule is CCCCCC(C)(O)C=C[C@@H]1CCC(=O)[C@H]1CCC=CCCC(=O)O. The van der Waals surface area contributed by atoms with E-state index in [-0.39, 0.29) is 18.3 Å². The van der Waals surface area contributed by atoms with Crippen molar-refractivity contribution in [2.24, 2.45) is 11.8 Å². The van der Waals surface area contributed by atoms with Gasteiger partial charge in [-0.05, 0) is 44.9 Å². The van der Waals surface area contributed by atoms with Gasteiger partial charge in [-0.1, -0.05) is 50.5 Å². The molecule has 1 fully saturated rings. The van der Waals surface area contributed by atoms with Crippen molar-refractivity contribution in [3.63, 3.8) is 0 Å². The highest BCUT2D eigenvalue weighted by Crippen LogP contribution is 2.34. The number of carbonyl (C=O) groups is 2. The first-order chi connectivity index (χ1) is 11.9. The number of hydrogen-bond donors (Lipinski definition) is 2. The lowest BCUT2D eigenvalue weighted by atomic mass is 9.88. The van der Waals surface area contributed by atoms with Gasteiger partial charge in [-0.3, -0.25) is 9.59 Å². The van der Waals surface area contributed by atoms with Gasteiger partial charge in [0.2, 0.25) is 0 Å². The van der Waals surface area contributed by atoms with Crippen LogP contribution in [0.25, 0.3) is 0 Å². The molecule has 0 aromatic carbocycles. The third-order valence-corrected chi connectivity index (χ3v) is 4.98. The number of ketones is 1. The number of carbonyl (C=O) groups excluding carboxylic acids is 1. The van der Waals surface area contributed by atoms with Crippen molar-refractivity contribution < 1.29 is 19.8 Å². The molecule has 0 bridgehead atoms. The van der Waals surface area contributed by atoms with Crippen molar-refractivity contribution in [3.8, 4) is 0 Å².